The molecule has 5 nitrogen and oxygen atoms in total. The summed E-state index contributed by atoms with van der Waals surface area (Å²) < 4.78 is 0. The molecular weight excluding hydrogens is 336 g/mol. The SMILES string of the molecule is Cc1ccc(-c2cc(C(=O)N/N=C\c3ccc(C(C)(C)C)cc3)[nH]n2)cc1. The molecule has 0 spiro atoms. The van der Waals surface area contributed by atoms with E-state index in [1.165, 1.54) is 11.1 Å². The average molecular weight is 360 g/mol. The molecule has 0 radical (unpaired) electrons. The van der Waals surface area contributed by atoms with E-state index in [1.807, 2.05) is 43.3 Å². The van der Waals surface area contributed by atoms with Gasteiger partial charge in [-0.05, 0) is 29.5 Å². The van der Waals surface area contributed by atoms with Gasteiger partial charge in [-0.15, -0.1) is 0 Å². The smallest absolute Gasteiger partial charge is 0.272 e. The minimum absolute atomic E-state index is 0.111. The van der Waals surface area contributed by atoms with E-state index in [0.717, 1.165) is 16.8 Å². The number of hydrogen-bond acceptors (Lipinski definition) is 3. The zero-order valence-electron chi connectivity index (χ0n) is 16.1. The lowest BCUT2D eigenvalue weighted by atomic mass is 9.87. The quantitative estimate of drug-likeness (QED) is 0.533. The van der Waals surface area contributed by atoms with Gasteiger partial charge in [-0.3, -0.25) is 9.89 Å². The van der Waals surface area contributed by atoms with E-state index in [1.54, 1.807) is 12.3 Å². The maximum atomic E-state index is 12.2. The van der Waals surface area contributed by atoms with Crippen molar-refractivity contribution < 1.29 is 4.79 Å². The van der Waals surface area contributed by atoms with Crippen molar-refractivity contribution in [3.05, 3.63) is 77.0 Å². The predicted molar refractivity (Wildman–Crippen MR) is 109 cm³/mol. The van der Waals surface area contributed by atoms with E-state index < -0.39 is 0 Å². The van der Waals surface area contributed by atoms with Gasteiger partial charge in [0.2, 0.25) is 0 Å². The zero-order chi connectivity index (χ0) is 19.4. The Balaban J connectivity index is 1.62. The summed E-state index contributed by atoms with van der Waals surface area (Å²) in [6, 6.07) is 17.8. The van der Waals surface area contributed by atoms with Crippen LogP contribution in [0.5, 0.6) is 0 Å². The Hall–Kier alpha value is -3.21. The van der Waals surface area contributed by atoms with Crippen molar-refractivity contribution in [2.24, 2.45) is 5.10 Å². The van der Waals surface area contributed by atoms with Crippen LogP contribution in [0, 0.1) is 6.92 Å². The monoisotopic (exact) mass is 360 g/mol. The van der Waals surface area contributed by atoms with E-state index in [2.05, 4.69) is 53.6 Å². The molecule has 0 aliphatic carbocycles. The molecule has 0 aliphatic rings. The van der Waals surface area contributed by atoms with Gasteiger partial charge in [-0.25, -0.2) is 5.43 Å². The summed E-state index contributed by atoms with van der Waals surface area (Å²) in [6.45, 7) is 8.55. The second-order valence-corrected chi connectivity index (χ2v) is 7.60. The number of amides is 1. The highest BCUT2D eigenvalue weighted by atomic mass is 16.2. The number of carbonyl (C=O) groups is 1. The molecule has 0 atom stereocenters. The summed E-state index contributed by atoms with van der Waals surface area (Å²) >= 11 is 0. The first-order valence-corrected chi connectivity index (χ1v) is 8.89. The minimum atomic E-state index is -0.330. The number of carbonyl (C=O) groups excluding carboxylic acids is 1. The van der Waals surface area contributed by atoms with Crippen molar-refractivity contribution in [2.45, 2.75) is 33.1 Å². The van der Waals surface area contributed by atoms with E-state index in [0.29, 0.717) is 5.69 Å². The van der Waals surface area contributed by atoms with Crippen LogP contribution in [-0.2, 0) is 5.41 Å². The van der Waals surface area contributed by atoms with E-state index in [4.69, 9.17) is 0 Å². The molecule has 27 heavy (non-hydrogen) atoms. The fraction of sp³-hybridized carbons (Fsp3) is 0.227. The predicted octanol–water partition coefficient (Wildman–Crippen LogP) is 4.45. The third kappa shape index (κ3) is 4.70. The van der Waals surface area contributed by atoms with Gasteiger partial charge in [0, 0.05) is 5.56 Å². The van der Waals surface area contributed by atoms with Crippen molar-refractivity contribution in [2.75, 3.05) is 0 Å². The molecule has 0 unspecified atom stereocenters. The molecule has 138 valence electrons. The summed E-state index contributed by atoms with van der Waals surface area (Å²) in [6.07, 6.45) is 1.63. The highest BCUT2D eigenvalue weighted by molar-refractivity contribution is 5.94. The van der Waals surface area contributed by atoms with Crippen LogP contribution >= 0.6 is 0 Å². The summed E-state index contributed by atoms with van der Waals surface area (Å²) in [5.74, 6) is -0.330. The molecule has 2 aromatic carbocycles. The molecule has 0 bridgehead atoms. The van der Waals surface area contributed by atoms with Crippen LogP contribution in [0.2, 0.25) is 0 Å². The van der Waals surface area contributed by atoms with Crippen molar-refractivity contribution >= 4 is 12.1 Å². The van der Waals surface area contributed by atoms with Crippen LogP contribution < -0.4 is 5.43 Å². The second-order valence-electron chi connectivity index (χ2n) is 7.60. The molecular formula is C22H24N4O. The van der Waals surface area contributed by atoms with Gasteiger partial charge in [-0.2, -0.15) is 10.2 Å². The number of aryl methyl sites for hydroxylation is 1. The molecule has 1 aromatic heterocycles. The highest BCUT2D eigenvalue weighted by Gasteiger charge is 2.13. The number of hydrogen-bond donors (Lipinski definition) is 2. The van der Waals surface area contributed by atoms with Gasteiger partial charge >= 0.3 is 0 Å². The van der Waals surface area contributed by atoms with Gasteiger partial charge in [-0.1, -0.05) is 74.9 Å². The first-order valence-electron chi connectivity index (χ1n) is 8.89. The van der Waals surface area contributed by atoms with Crippen LogP contribution in [0.1, 0.15) is 48.0 Å². The number of nitrogens with one attached hydrogen (secondary N) is 2. The fourth-order valence-corrected chi connectivity index (χ4v) is 2.61. The third-order valence-corrected chi connectivity index (χ3v) is 4.33. The van der Waals surface area contributed by atoms with E-state index in [9.17, 15) is 4.79 Å². The summed E-state index contributed by atoms with van der Waals surface area (Å²) in [5.41, 5.74) is 8.04. The maximum Gasteiger partial charge on any atom is 0.289 e. The average Bonchev–Trinajstić information content (AvgIpc) is 3.12. The number of aromatic amines is 1. The zero-order valence-corrected chi connectivity index (χ0v) is 16.1. The molecule has 0 aliphatic heterocycles. The van der Waals surface area contributed by atoms with Crippen LogP contribution in [0.4, 0.5) is 0 Å². The van der Waals surface area contributed by atoms with Crippen molar-refractivity contribution in [1.29, 1.82) is 0 Å². The fourth-order valence-electron chi connectivity index (χ4n) is 2.61. The Morgan fingerprint density at radius 1 is 1.07 bits per heavy atom. The first kappa shape index (κ1) is 18.6. The lowest BCUT2D eigenvalue weighted by molar-refractivity contribution is 0.0950. The Labute approximate surface area is 159 Å². The number of hydrazone groups is 1. The second kappa shape index (κ2) is 7.58. The largest absolute Gasteiger partial charge is 0.289 e. The Kier molecular flexibility index (Phi) is 5.21. The van der Waals surface area contributed by atoms with Crippen molar-refractivity contribution in [3.63, 3.8) is 0 Å². The highest BCUT2D eigenvalue weighted by Crippen LogP contribution is 2.22. The third-order valence-electron chi connectivity index (χ3n) is 4.33. The molecule has 2 N–H and O–H groups in total. The van der Waals surface area contributed by atoms with Gasteiger partial charge in [0.1, 0.15) is 5.69 Å². The maximum absolute atomic E-state index is 12.2. The van der Waals surface area contributed by atoms with Gasteiger partial charge < -0.3 is 0 Å². The lowest BCUT2D eigenvalue weighted by Gasteiger charge is -2.18. The molecule has 3 aromatic rings. The lowest BCUT2D eigenvalue weighted by Crippen LogP contribution is -2.18. The van der Waals surface area contributed by atoms with Crippen LogP contribution in [0.3, 0.4) is 0 Å². The van der Waals surface area contributed by atoms with Crippen molar-refractivity contribution in [3.8, 4) is 11.3 Å². The van der Waals surface area contributed by atoms with Crippen LogP contribution in [0.25, 0.3) is 11.3 Å². The molecule has 1 heterocycles. The molecule has 0 saturated heterocycles. The molecule has 0 saturated carbocycles. The van der Waals surface area contributed by atoms with E-state index >= 15 is 0 Å². The number of nitrogens with zero attached hydrogens (tertiary/aromatic N) is 2. The summed E-state index contributed by atoms with van der Waals surface area (Å²) in [4.78, 5) is 12.2. The summed E-state index contributed by atoms with van der Waals surface area (Å²) in [7, 11) is 0. The Bertz CT molecular complexity index is 945. The molecule has 5 heteroatoms. The summed E-state index contributed by atoms with van der Waals surface area (Å²) in [5, 5.41) is 11.0. The van der Waals surface area contributed by atoms with Gasteiger partial charge in [0.05, 0.1) is 11.9 Å². The standard InChI is InChI=1S/C22H24N4O/c1-15-5-9-17(10-6-15)19-13-20(25-24-19)21(27)26-23-14-16-7-11-18(12-8-16)22(2,3)4/h5-14H,1-4H3,(H,24,25)(H,26,27)/b23-14-. The number of aromatic nitrogens is 2. The minimum Gasteiger partial charge on any atom is -0.272 e. The van der Waals surface area contributed by atoms with E-state index in [-0.39, 0.29) is 11.3 Å². The van der Waals surface area contributed by atoms with Gasteiger partial charge in [0.25, 0.3) is 5.91 Å². The Morgan fingerprint density at radius 2 is 1.74 bits per heavy atom. The first-order chi connectivity index (χ1) is 12.8. The normalized spacial score (nSPS) is 11.7. The number of benzene rings is 2. The van der Waals surface area contributed by atoms with Crippen LogP contribution in [-0.4, -0.2) is 22.3 Å². The number of rotatable bonds is 4. The molecule has 1 amide bonds. The molecule has 0 fully saturated rings. The topological polar surface area (TPSA) is 70.1 Å². The van der Waals surface area contributed by atoms with Gasteiger partial charge in [0.15, 0.2) is 0 Å². The van der Waals surface area contributed by atoms with Crippen molar-refractivity contribution in [1.82, 2.24) is 15.6 Å². The molecule has 3 rings (SSSR count). The van der Waals surface area contributed by atoms with Crippen LogP contribution in [0.15, 0.2) is 59.7 Å². The Morgan fingerprint density at radius 3 is 2.37 bits per heavy atom. The number of H-pyrrole nitrogens is 1.